The van der Waals surface area contributed by atoms with Crippen LogP contribution in [0.1, 0.15) is 22.3 Å². The molecule has 0 spiro atoms. The summed E-state index contributed by atoms with van der Waals surface area (Å²) < 4.78 is 10.6. The fourth-order valence-corrected chi connectivity index (χ4v) is 5.52. The van der Waals surface area contributed by atoms with Crippen molar-refractivity contribution in [2.24, 2.45) is 0 Å². The Morgan fingerprint density at radius 3 is 1.00 bits per heavy atom. The van der Waals surface area contributed by atoms with Crippen molar-refractivity contribution in [1.29, 1.82) is 0 Å². The fraction of sp³-hybridized carbons (Fsp3) is 0.143. The van der Waals surface area contributed by atoms with E-state index in [1.54, 1.807) is 72.8 Å². The molecule has 8 heteroatoms. The molecule has 6 nitrogen and oxygen atoms in total. The normalized spacial score (nSPS) is 12.2. The Balaban J connectivity index is 0.000000201. The molecule has 0 aromatic heterocycles. The minimum atomic E-state index is -4.98. The summed E-state index contributed by atoms with van der Waals surface area (Å²) in [6.07, 6.45) is 0. The van der Waals surface area contributed by atoms with Crippen molar-refractivity contribution in [3.63, 3.8) is 0 Å². The van der Waals surface area contributed by atoms with Crippen molar-refractivity contribution >= 4 is 26.5 Å². The standard InChI is InChI=1S/C14H17O3P.C14H15O3P/c1-11-3-7-13(8-4-11)18(15,16,17)14-9-5-12(2)6-10-14;1-11-3-7-13(8-4-11)16-18(15)17-14-9-5-12(2)6-10-14/h3-10,15-17H,1-2H3;3-10,15H,1-2H3. The van der Waals surface area contributed by atoms with Gasteiger partial charge in [-0.25, -0.2) is 0 Å². The van der Waals surface area contributed by atoms with Crippen LogP contribution < -0.4 is 19.7 Å². The van der Waals surface area contributed by atoms with Crippen LogP contribution in [-0.2, 0) is 0 Å². The number of hydrogen-bond donors (Lipinski definition) is 4. The quantitative estimate of drug-likeness (QED) is 0.247. The molecule has 0 saturated carbocycles. The van der Waals surface area contributed by atoms with Gasteiger partial charge in [0.2, 0.25) is 0 Å². The van der Waals surface area contributed by atoms with Crippen LogP contribution in [0.15, 0.2) is 97.1 Å². The maximum absolute atomic E-state index is 10.3. The molecule has 4 aromatic carbocycles. The molecule has 0 heterocycles. The van der Waals surface area contributed by atoms with Gasteiger partial charge >= 0.3 is 115 Å². The predicted octanol–water partition coefficient (Wildman–Crippen LogP) is 5.51. The molecule has 4 N–H and O–H groups in total. The van der Waals surface area contributed by atoms with Gasteiger partial charge in [-0.05, 0) is 38.1 Å². The van der Waals surface area contributed by atoms with Gasteiger partial charge in [0.25, 0.3) is 0 Å². The number of aryl methyl sites for hydroxylation is 4. The van der Waals surface area contributed by atoms with Gasteiger partial charge in [0, 0.05) is 0 Å². The summed E-state index contributed by atoms with van der Waals surface area (Å²) in [7, 11) is -6.93. The summed E-state index contributed by atoms with van der Waals surface area (Å²) >= 11 is 0. The van der Waals surface area contributed by atoms with Crippen molar-refractivity contribution in [1.82, 2.24) is 0 Å². The van der Waals surface area contributed by atoms with E-state index in [1.165, 1.54) is 0 Å². The zero-order valence-corrected chi connectivity index (χ0v) is 22.5. The SMILES string of the molecule is Cc1ccc(OP(O)Oc2ccc(C)cc2)cc1.Cc1ccc(P(O)(O)(O)c2ccc(C)cc2)cc1. The molecule has 0 unspecified atom stereocenters. The second-order valence-electron chi connectivity index (χ2n) is 8.70. The Morgan fingerprint density at radius 1 is 0.472 bits per heavy atom. The van der Waals surface area contributed by atoms with Crippen LogP contribution in [0.4, 0.5) is 0 Å². The van der Waals surface area contributed by atoms with E-state index in [0.717, 1.165) is 22.3 Å². The van der Waals surface area contributed by atoms with E-state index in [0.29, 0.717) is 11.5 Å². The Morgan fingerprint density at radius 2 is 0.722 bits per heavy atom. The molecule has 0 bridgehead atoms. The maximum atomic E-state index is 10.3. The van der Waals surface area contributed by atoms with E-state index in [2.05, 4.69) is 0 Å². The molecule has 0 aliphatic heterocycles. The second kappa shape index (κ2) is 11.5. The minimum absolute atomic E-state index is 0.149. The summed E-state index contributed by atoms with van der Waals surface area (Å²) in [5.41, 5.74) is 4.28. The van der Waals surface area contributed by atoms with Crippen LogP contribution in [0, 0.1) is 27.7 Å². The first kappa shape index (κ1) is 27.8. The number of benzene rings is 4. The second-order valence-corrected chi connectivity index (χ2v) is 12.5. The molecule has 0 fully saturated rings. The number of hydrogen-bond acceptors (Lipinski definition) is 6. The summed E-state index contributed by atoms with van der Waals surface area (Å²) in [5.74, 6) is 1.20. The molecule has 0 aliphatic rings. The van der Waals surface area contributed by atoms with Crippen LogP contribution in [0.5, 0.6) is 11.5 Å². The van der Waals surface area contributed by atoms with Gasteiger partial charge in [0.15, 0.2) is 0 Å². The summed E-state index contributed by atoms with van der Waals surface area (Å²) in [6.45, 7) is 7.79. The Labute approximate surface area is 213 Å². The van der Waals surface area contributed by atoms with Gasteiger partial charge in [-0.15, -0.1) is 0 Å². The van der Waals surface area contributed by atoms with Crippen LogP contribution >= 0.6 is 15.9 Å². The van der Waals surface area contributed by atoms with Gasteiger partial charge in [0.1, 0.15) is 11.5 Å². The van der Waals surface area contributed by atoms with Crippen molar-refractivity contribution in [3.8, 4) is 11.5 Å². The first-order valence-corrected chi connectivity index (χ1v) is 14.5. The van der Waals surface area contributed by atoms with E-state index in [-0.39, 0.29) is 10.6 Å². The summed E-state index contributed by atoms with van der Waals surface area (Å²) in [6, 6.07) is 28.1. The van der Waals surface area contributed by atoms with Crippen LogP contribution in [0.25, 0.3) is 0 Å². The monoisotopic (exact) mass is 526 g/mol. The molecule has 0 radical (unpaired) electrons. The van der Waals surface area contributed by atoms with Crippen LogP contribution in [-0.4, -0.2) is 19.6 Å². The molecular formula is C28H32O6P2. The van der Waals surface area contributed by atoms with Gasteiger partial charge in [-0.3, -0.25) is 0 Å². The molecule has 0 aliphatic carbocycles. The number of rotatable bonds is 6. The zero-order valence-electron chi connectivity index (χ0n) is 20.7. The Kier molecular flexibility index (Phi) is 8.86. The average Bonchev–Trinajstić information content (AvgIpc) is 2.83. The summed E-state index contributed by atoms with van der Waals surface area (Å²) in [4.78, 5) is 40.8. The Bertz CT molecular complexity index is 1150. The van der Waals surface area contributed by atoms with E-state index in [4.69, 9.17) is 9.05 Å². The van der Waals surface area contributed by atoms with Crippen molar-refractivity contribution < 1.29 is 28.6 Å². The average molecular weight is 527 g/mol. The van der Waals surface area contributed by atoms with E-state index < -0.39 is 15.9 Å². The predicted molar refractivity (Wildman–Crippen MR) is 148 cm³/mol. The third-order valence-corrected chi connectivity index (χ3v) is 8.66. The van der Waals surface area contributed by atoms with Gasteiger partial charge in [-0.1, -0.05) is 35.4 Å². The first-order valence-electron chi connectivity index (χ1n) is 11.3. The first-order chi connectivity index (χ1) is 16.9. The van der Waals surface area contributed by atoms with Gasteiger partial charge < -0.3 is 13.9 Å². The molecular weight excluding hydrogens is 494 g/mol. The van der Waals surface area contributed by atoms with Crippen molar-refractivity contribution in [2.75, 3.05) is 0 Å². The molecule has 190 valence electrons. The van der Waals surface area contributed by atoms with Gasteiger partial charge in [0.05, 0.1) is 0 Å². The third-order valence-electron chi connectivity index (χ3n) is 5.43. The zero-order chi connectivity index (χ0) is 26.4. The summed E-state index contributed by atoms with van der Waals surface area (Å²) in [5, 5.41) is 0.297. The molecule has 0 atom stereocenters. The van der Waals surface area contributed by atoms with Crippen LogP contribution in [0.3, 0.4) is 0 Å². The van der Waals surface area contributed by atoms with Crippen LogP contribution in [0.2, 0.25) is 0 Å². The van der Waals surface area contributed by atoms with E-state index >= 15 is 0 Å². The molecule has 36 heavy (non-hydrogen) atoms. The van der Waals surface area contributed by atoms with Gasteiger partial charge in [-0.2, -0.15) is 0 Å². The third kappa shape index (κ3) is 7.59. The van der Waals surface area contributed by atoms with E-state index in [1.807, 2.05) is 52.0 Å². The van der Waals surface area contributed by atoms with Crippen molar-refractivity contribution in [2.45, 2.75) is 27.7 Å². The fourth-order valence-electron chi connectivity index (χ4n) is 3.18. The Hall–Kier alpha value is -2.82. The molecule has 4 rings (SSSR count). The molecule has 4 aromatic rings. The van der Waals surface area contributed by atoms with E-state index in [9.17, 15) is 19.6 Å². The molecule has 0 amide bonds. The van der Waals surface area contributed by atoms with Crippen molar-refractivity contribution in [3.05, 3.63) is 119 Å². The molecule has 0 saturated heterocycles. The topological polar surface area (TPSA) is 99.4 Å².